The highest BCUT2D eigenvalue weighted by Crippen LogP contribution is 2.20. The highest BCUT2D eigenvalue weighted by atomic mass is 35.5. The van der Waals surface area contributed by atoms with E-state index in [1.807, 2.05) is 12.1 Å². The Morgan fingerprint density at radius 3 is 2.50 bits per heavy atom. The standard InChI is InChI=1S/C22H29ClN2O3/c1-4-5-6-7-20-24-19(16-8-10-17(23)11-9-16)14-21(27)25(20)15-18(26)12-13-22(2,3)28/h8-11,14,28H,4-7,12-13,15H2,1-3H3. The van der Waals surface area contributed by atoms with Gasteiger partial charge in [-0.25, -0.2) is 4.98 Å². The number of carbonyl (C=O) groups is 1. The minimum absolute atomic E-state index is 0.00965. The summed E-state index contributed by atoms with van der Waals surface area (Å²) in [5, 5.41) is 10.4. The lowest BCUT2D eigenvalue weighted by Crippen LogP contribution is -2.29. The molecule has 2 aromatic rings. The van der Waals surface area contributed by atoms with Gasteiger partial charge in [-0.2, -0.15) is 0 Å². The van der Waals surface area contributed by atoms with Crippen molar-refractivity contribution < 1.29 is 9.90 Å². The summed E-state index contributed by atoms with van der Waals surface area (Å²) >= 11 is 5.95. The molecule has 0 unspecified atom stereocenters. The summed E-state index contributed by atoms with van der Waals surface area (Å²) in [5.41, 5.74) is 0.275. The molecule has 0 saturated heterocycles. The van der Waals surface area contributed by atoms with Crippen molar-refractivity contribution in [3.05, 3.63) is 51.5 Å². The van der Waals surface area contributed by atoms with Crippen LogP contribution >= 0.6 is 11.6 Å². The summed E-state index contributed by atoms with van der Waals surface area (Å²) in [4.78, 5) is 29.8. The predicted octanol–water partition coefficient (Wildman–Crippen LogP) is 4.42. The van der Waals surface area contributed by atoms with Crippen LogP contribution in [0.5, 0.6) is 0 Å². The second kappa shape index (κ2) is 9.99. The Morgan fingerprint density at radius 1 is 1.21 bits per heavy atom. The molecule has 1 aromatic heterocycles. The third-order valence-corrected chi connectivity index (χ3v) is 4.83. The first kappa shape index (κ1) is 22.3. The zero-order valence-electron chi connectivity index (χ0n) is 16.9. The van der Waals surface area contributed by atoms with Crippen molar-refractivity contribution in [2.45, 2.75) is 71.4 Å². The van der Waals surface area contributed by atoms with E-state index in [0.29, 0.717) is 29.4 Å². The van der Waals surface area contributed by atoms with Gasteiger partial charge >= 0.3 is 0 Å². The van der Waals surface area contributed by atoms with Gasteiger partial charge in [-0.05, 0) is 38.8 Å². The van der Waals surface area contributed by atoms with Crippen molar-refractivity contribution >= 4 is 17.4 Å². The molecule has 6 heteroatoms. The molecule has 152 valence electrons. The van der Waals surface area contributed by atoms with Crippen LogP contribution in [0, 0.1) is 0 Å². The summed E-state index contributed by atoms with van der Waals surface area (Å²) in [5.74, 6) is 0.546. The quantitative estimate of drug-likeness (QED) is 0.595. The number of hydrogen-bond acceptors (Lipinski definition) is 4. The van der Waals surface area contributed by atoms with Gasteiger partial charge in [0.05, 0.1) is 17.8 Å². The number of halogens is 1. The van der Waals surface area contributed by atoms with Crippen molar-refractivity contribution in [3.63, 3.8) is 0 Å². The van der Waals surface area contributed by atoms with Crippen LogP contribution in [0.3, 0.4) is 0 Å². The lowest BCUT2D eigenvalue weighted by atomic mass is 10.0. The van der Waals surface area contributed by atoms with Crippen LogP contribution in [0.4, 0.5) is 0 Å². The number of aliphatic hydroxyl groups is 1. The van der Waals surface area contributed by atoms with Crippen LogP contribution in [0.25, 0.3) is 11.3 Å². The van der Waals surface area contributed by atoms with E-state index in [9.17, 15) is 14.7 Å². The molecule has 1 aromatic carbocycles. The van der Waals surface area contributed by atoms with E-state index in [2.05, 4.69) is 11.9 Å². The van der Waals surface area contributed by atoms with Gasteiger partial charge in [0, 0.05) is 29.5 Å². The van der Waals surface area contributed by atoms with Gasteiger partial charge in [0.2, 0.25) is 0 Å². The van der Waals surface area contributed by atoms with Crippen LogP contribution in [-0.2, 0) is 17.8 Å². The summed E-state index contributed by atoms with van der Waals surface area (Å²) in [6, 6.07) is 8.66. The summed E-state index contributed by atoms with van der Waals surface area (Å²) < 4.78 is 1.47. The molecule has 0 atom stereocenters. The Balaban J connectivity index is 2.30. The summed E-state index contributed by atoms with van der Waals surface area (Å²) in [7, 11) is 0. The maximum atomic E-state index is 12.8. The number of aryl methyl sites for hydroxylation is 1. The zero-order chi connectivity index (χ0) is 20.7. The molecule has 1 heterocycles. The molecule has 5 nitrogen and oxygen atoms in total. The lowest BCUT2D eigenvalue weighted by Gasteiger charge is -2.17. The number of unbranched alkanes of at least 4 members (excludes halogenated alkanes) is 2. The highest BCUT2D eigenvalue weighted by molar-refractivity contribution is 6.30. The minimum Gasteiger partial charge on any atom is -0.390 e. The fourth-order valence-electron chi connectivity index (χ4n) is 2.92. The van der Waals surface area contributed by atoms with E-state index in [-0.39, 0.29) is 24.3 Å². The molecule has 1 N–H and O–H groups in total. The third-order valence-electron chi connectivity index (χ3n) is 4.58. The van der Waals surface area contributed by atoms with Gasteiger partial charge in [-0.1, -0.05) is 43.5 Å². The Morgan fingerprint density at radius 2 is 1.89 bits per heavy atom. The molecule has 0 aliphatic carbocycles. The van der Waals surface area contributed by atoms with Crippen molar-refractivity contribution in [3.8, 4) is 11.3 Å². The molecule has 0 saturated carbocycles. The number of rotatable bonds is 10. The second-order valence-corrected chi connectivity index (χ2v) is 8.23. The maximum absolute atomic E-state index is 12.8. The molecule has 28 heavy (non-hydrogen) atoms. The zero-order valence-corrected chi connectivity index (χ0v) is 17.6. The van der Waals surface area contributed by atoms with Crippen LogP contribution in [0.15, 0.2) is 35.1 Å². The van der Waals surface area contributed by atoms with Gasteiger partial charge < -0.3 is 5.11 Å². The molecule has 0 amide bonds. The summed E-state index contributed by atoms with van der Waals surface area (Å²) in [6.07, 6.45) is 4.23. The molecular formula is C22H29ClN2O3. The molecule has 0 aliphatic rings. The highest BCUT2D eigenvalue weighted by Gasteiger charge is 2.17. The van der Waals surface area contributed by atoms with Crippen molar-refractivity contribution in [2.24, 2.45) is 0 Å². The number of benzene rings is 1. The Labute approximate surface area is 171 Å². The average molecular weight is 405 g/mol. The van der Waals surface area contributed by atoms with E-state index in [4.69, 9.17) is 11.6 Å². The molecule has 0 fully saturated rings. The smallest absolute Gasteiger partial charge is 0.254 e. The third kappa shape index (κ3) is 6.88. The monoisotopic (exact) mass is 404 g/mol. The number of carbonyl (C=O) groups excluding carboxylic acids is 1. The van der Waals surface area contributed by atoms with Crippen LogP contribution in [0.1, 0.15) is 58.7 Å². The number of Topliss-reactive ketones (excluding diaryl/α,β-unsaturated/α-hetero) is 1. The number of ketones is 1. The lowest BCUT2D eigenvalue weighted by molar-refractivity contribution is -0.120. The average Bonchev–Trinajstić information content (AvgIpc) is 2.62. The summed E-state index contributed by atoms with van der Waals surface area (Å²) in [6.45, 7) is 5.45. The number of aromatic nitrogens is 2. The molecule has 0 aliphatic heterocycles. The Kier molecular flexibility index (Phi) is 7.96. The van der Waals surface area contributed by atoms with Crippen molar-refractivity contribution in [1.82, 2.24) is 9.55 Å². The van der Waals surface area contributed by atoms with E-state index in [1.165, 1.54) is 10.6 Å². The fraction of sp³-hybridized carbons (Fsp3) is 0.500. The van der Waals surface area contributed by atoms with Crippen LogP contribution in [-0.4, -0.2) is 26.0 Å². The van der Waals surface area contributed by atoms with Crippen molar-refractivity contribution in [2.75, 3.05) is 0 Å². The first-order chi connectivity index (χ1) is 13.2. The number of nitrogens with zero attached hydrogens (tertiary/aromatic N) is 2. The first-order valence-electron chi connectivity index (χ1n) is 9.80. The molecular weight excluding hydrogens is 376 g/mol. The van der Waals surface area contributed by atoms with Gasteiger partial charge in [-0.3, -0.25) is 14.2 Å². The molecule has 2 rings (SSSR count). The Bertz CT molecular complexity index is 852. The maximum Gasteiger partial charge on any atom is 0.254 e. The van der Waals surface area contributed by atoms with E-state index in [0.717, 1.165) is 24.8 Å². The normalized spacial score (nSPS) is 11.6. The van der Waals surface area contributed by atoms with Gasteiger partial charge in [0.15, 0.2) is 5.78 Å². The molecule has 0 radical (unpaired) electrons. The van der Waals surface area contributed by atoms with E-state index in [1.54, 1.807) is 26.0 Å². The largest absolute Gasteiger partial charge is 0.390 e. The van der Waals surface area contributed by atoms with Gasteiger partial charge in [0.25, 0.3) is 5.56 Å². The van der Waals surface area contributed by atoms with Gasteiger partial charge in [0.1, 0.15) is 5.82 Å². The van der Waals surface area contributed by atoms with Crippen molar-refractivity contribution in [1.29, 1.82) is 0 Å². The molecule has 0 bridgehead atoms. The fourth-order valence-corrected chi connectivity index (χ4v) is 3.04. The minimum atomic E-state index is -0.902. The van der Waals surface area contributed by atoms with E-state index >= 15 is 0 Å². The van der Waals surface area contributed by atoms with Gasteiger partial charge in [-0.15, -0.1) is 0 Å². The van der Waals surface area contributed by atoms with E-state index < -0.39 is 5.60 Å². The topological polar surface area (TPSA) is 72.2 Å². The van der Waals surface area contributed by atoms with Crippen LogP contribution < -0.4 is 5.56 Å². The predicted molar refractivity (Wildman–Crippen MR) is 113 cm³/mol. The second-order valence-electron chi connectivity index (χ2n) is 7.80. The van der Waals surface area contributed by atoms with Crippen LogP contribution in [0.2, 0.25) is 5.02 Å². The Hall–Kier alpha value is -1.98. The SMILES string of the molecule is CCCCCc1nc(-c2ccc(Cl)cc2)cc(=O)n1CC(=O)CCC(C)(C)O. The number of hydrogen-bond donors (Lipinski definition) is 1. The molecule has 0 spiro atoms. The first-order valence-corrected chi connectivity index (χ1v) is 10.2.